The smallest absolute Gasteiger partial charge is 0.320 e. The maximum Gasteiger partial charge on any atom is 0.320 e. The molecule has 86 valence electrons. The van der Waals surface area contributed by atoms with Gasteiger partial charge in [-0.3, -0.25) is 10.3 Å². The quantitative estimate of drug-likeness (QED) is 0.673. The molecule has 1 aromatic rings. The van der Waals surface area contributed by atoms with Gasteiger partial charge in [0.15, 0.2) is 5.82 Å². The van der Waals surface area contributed by atoms with Crippen molar-refractivity contribution in [3.63, 3.8) is 0 Å². The molecule has 0 atom stereocenters. The SMILES string of the molecule is O=C(Nc1cnccn1)NC1CCNCC1. The number of urea groups is 1. The molecule has 6 heteroatoms. The third-order valence-electron chi connectivity index (χ3n) is 2.48. The number of anilines is 1. The number of aromatic nitrogens is 2. The van der Waals surface area contributed by atoms with Gasteiger partial charge in [-0.05, 0) is 25.9 Å². The zero-order chi connectivity index (χ0) is 11.2. The summed E-state index contributed by atoms with van der Waals surface area (Å²) in [5, 5.41) is 8.80. The molecule has 0 spiro atoms. The van der Waals surface area contributed by atoms with Crippen molar-refractivity contribution >= 4 is 11.8 Å². The van der Waals surface area contributed by atoms with Crippen LogP contribution in [0, 0.1) is 0 Å². The molecular formula is C10H15N5O. The van der Waals surface area contributed by atoms with Gasteiger partial charge in [-0.2, -0.15) is 0 Å². The van der Waals surface area contributed by atoms with Gasteiger partial charge < -0.3 is 10.6 Å². The Morgan fingerprint density at radius 2 is 2.19 bits per heavy atom. The lowest BCUT2D eigenvalue weighted by atomic mass is 10.1. The minimum Gasteiger partial charge on any atom is -0.335 e. The molecule has 0 saturated carbocycles. The van der Waals surface area contributed by atoms with Crippen LogP contribution in [0.15, 0.2) is 18.6 Å². The van der Waals surface area contributed by atoms with Crippen molar-refractivity contribution in [3.8, 4) is 0 Å². The number of rotatable bonds is 2. The van der Waals surface area contributed by atoms with Crippen LogP contribution in [-0.4, -0.2) is 35.1 Å². The number of hydrogen-bond donors (Lipinski definition) is 3. The molecule has 0 bridgehead atoms. The van der Waals surface area contributed by atoms with Crippen LogP contribution in [0.2, 0.25) is 0 Å². The number of hydrogen-bond acceptors (Lipinski definition) is 4. The van der Waals surface area contributed by atoms with E-state index in [1.165, 1.54) is 6.20 Å². The van der Waals surface area contributed by atoms with Crippen LogP contribution in [-0.2, 0) is 0 Å². The molecule has 1 aromatic heterocycles. The molecule has 0 aliphatic carbocycles. The van der Waals surface area contributed by atoms with E-state index in [1.54, 1.807) is 12.4 Å². The van der Waals surface area contributed by atoms with Gasteiger partial charge in [0.25, 0.3) is 0 Å². The van der Waals surface area contributed by atoms with E-state index >= 15 is 0 Å². The summed E-state index contributed by atoms with van der Waals surface area (Å²) in [5.74, 6) is 0.467. The van der Waals surface area contributed by atoms with E-state index in [2.05, 4.69) is 25.9 Å². The molecule has 0 aromatic carbocycles. The molecule has 2 amide bonds. The molecule has 1 saturated heterocycles. The summed E-state index contributed by atoms with van der Waals surface area (Å²) in [6, 6.07) is 0.0327. The zero-order valence-electron chi connectivity index (χ0n) is 8.94. The van der Waals surface area contributed by atoms with Crippen LogP contribution in [0.1, 0.15) is 12.8 Å². The van der Waals surface area contributed by atoms with Crippen LogP contribution >= 0.6 is 0 Å². The van der Waals surface area contributed by atoms with Gasteiger partial charge in [0.2, 0.25) is 0 Å². The minimum absolute atomic E-state index is 0.215. The van der Waals surface area contributed by atoms with Crippen molar-refractivity contribution in [1.82, 2.24) is 20.6 Å². The highest BCUT2D eigenvalue weighted by molar-refractivity contribution is 5.88. The van der Waals surface area contributed by atoms with Crippen molar-refractivity contribution < 1.29 is 4.79 Å². The average molecular weight is 221 g/mol. The third-order valence-corrected chi connectivity index (χ3v) is 2.48. The summed E-state index contributed by atoms with van der Waals surface area (Å²) < 4.78 is 0. The maximum absolute atomic E-state index is 11.6. The molecule has 1 aliphatic rings. The Morgan fingerprint density at radius 3 is 2.88 bits per heavy atom. The molecule has 1 fully saturated rings. The van der Waals surface area contributed by atoms with Gasteiger partial charge in [-0.25, -0.2) is 9.78 Å². The van der Waals surface area contributed by atoms with Crippen LogP contribution in [0.25, 0.3) is 0 Å². The van der Waals surface area contributed by atoms with Crippen molar-refractivity contribution in [3.05, 3.63) is 18.6 Å². The predicted octanol–water partition coefficient (Wildman–Crippen LogP) is 0.350. The number of amides is 2. The Bertz CT molecular complexity index is 336. The zero-order valence-corrected chi connectivity index (χ0v) is 8.94. The number of nitrogens with zero attached hydrogens (tertiary/aromatic N) is 2. The normalized spacial score (nSPS) is 16.8. The first-order valence-electron chi connectivity index (χ1n) is 5.39. The highest BCUT2D eigenvalue weighted by Crippen LogP contribution is 2.03. The summed E-state index contributed by atoms with van der Waals surface area (Å²) in [6.45, 7) is 1.91. The summed E-state index contributed by atoms with van der Waals surface area (Å²) in [5.41, 5.74) is 0. The standard InChI is InChI=1S/C10H15N5O/c16-10(14-8-1-3-11-4-2-8)15-9-7-12-5-6-13-9/h5-8,11H,1-4H2,(H2,13,14,15,16). The first kappa shape index (κ1) is 10.8. The van der Waals surface area contributed by atoms with Crippen LogP contribution in [0.4, 0.5) is 10.6 Å². The van der Waals surface area contributed by atoms with E-state index in [9.17, 15) is 4.79 Å². The van der Waals surface area contributed by atoms with Crippen LogP contribution < -0.4 is 16.0 Å². The van der Waals surface area contributed by atoms with Crippen molar-refractivity contribution in [2.75, 3.05) is 18.4 Å². The van der Waals surface area contributed by atoms with Gasteiger partial charge in [-0.1, -0.05) is 0 Å². The lowest BCUT2D eigenvalue weighted by Crippen LogP contribution is -2.44. The monoisotopic (exact) mass is 221 g/mol. The number of carbonyl (C=O) groups excluding carboxylic acids is 1. The van der Waals surface area contributed by atoms with E-state index in [4.69, 9.17) is 0 Å². The number of nitrogens with one attached hydrogen (secondary N) is 3. The van der Waals surface area contributed by atoms with E-state index < -0.39 is 0 Å². The van der Waals surface area contributed by atoms with Gasteiger partial charge in [-0.15, -0.1) is 0 Å². The molecule has 1 aliphatic heterocycles. The van der Waals surface area contributed by atoms with Gasteiger partial charge in [0, 0.05) is 18.4 Å². The molecular weight excluding hydrogens is 206 g/mol. The Hall–Kier alpha value is -1.69. The molecule has 2 heterocycles. The van der Waals surface area contributed by atoms with E-state index in [-0.39, 0.29) is 12.1 Å². The van der Waals surface area contributed by atoms with E-state index in [0.717, 1.165) is 25.9 Å². The minimum atomic E-state index is -0.215. The maximum atomic E-state index is 11.6. The fraction of sp³-hybridized carbons (Fsp3) is 0.500. The Labute approximate surface area is 93.9 Å². The highest BCUT2D eigenvalue weighted by Gasteiger charge is 2.15. The Balaban J connectivity index is 1.80. The first-order valence-corrected chi connectivity index (χ1v) is 5.39. The van der Waals surface area contributed by atoms with Crippen LogP contribution in [0.3, 0.4) is 0 Å². The van der Waals surface area contributed by atoms with Crippen molar-refractivity contribution in [1.29, 1.82) is 0 Å². The molecule has 3 N–H and O–H groups in total. The Morgan fingerprint density at radius 1 is 1.38 bits per heavy atom. The highest BCUT2D eigenvalue weighted by atomic mass is 16.2. The molecule has 6 nitrogen and oxygen atoms in total. The summed E-state index contributed by atoms with van der Waals surface area (Å²) >= 11 is 0. The summed E-state index contributed by atoms with van der Waals surface area (Å²) in [7, 11) is 0. The first-order chi connectivity index (χ1) is 7.84. The van der Waals surface area contributed by atoms with E-state index in [1.807, 2.05) is 0 Å². The Kier molecular flexibility index (Phi) is 3.66. The van der Waals surface area contributed by atoms with Crippen molar-refractivity contribution in [2.45, 2.75) is 18.9 Å². The molecule has 0 radical (unpaired) electrons. The second-order valence-electron chi connectivity index (χ2n) is 3.71. The molecule has 16 heavy (non-hydrogen) atoms. The third kappa shape index (κ3) is 3.16. The predicted molar refractivity (Wildman–Crippen MR) is 60.1 cm³/mol. The number of carbonyl (C=O) groups is 1. The van der Waals surface area contributed by atoms with Crippen LogP contribution in [0.5, 0.6) is 0 Å². The number of piperidine rings is 1. The largest absolute Gasteiger partial charge is 0.335 e. The second kappa shape index (κ2) is 5.41. The lowest BCUT2D eigenvalue weighted by Gasteiger charge is -2.23. The lowest BCUT2D eigenvalue weighted by molar-refractivity contribution is 0.245. The van der Waals surface area contributed by atoms with Gasteiger partial charge >= 0.3 is 6.03 Å². The molecule has 2 rings (SSSR count). The second-order valence-corrected chi connectivity index (χ2v) is 3.71. The fourth-order valence-corrected chi connectivity index (χ4v) is 1.67. The van der Waals surface area contributed by atoms with Gasteiger partial charge in [0.1, 0.15) is 0 Å². The van der Waals surface area contributed by atoms with Gasteiger partial charge in [0.05, 0.1) is 6.20 Å². The topological polar surface area (TPSA) is 78.9 Å². The van der Waals surface area contributed by atoms with E-state index in [0.29, 0.717) is 5.82 Å². The fourth-order valence-electron chi connectivity index (χ4n) is 1.67. The summed E-state index contributed by atoms with van der Waals surface area (Å²) in [4.78, 5) is 19.4. The average Bonchev–Trinajstić information content (AvgIpc) is 2.31. The van der Waals surface area contributed by atoms with Crippen molar-refractivity contribution in [2.24, 2.45) is 0 Å². The molecule has 0 unspecified atom stereocenters. The summed E-state index contributed by atoms with van der Waals surface area (Å²) in [6.07, 6.45) is 6.56.